The maximum atomic E-state index is 8.95. The lowest BCUT2D eigenvalue weighted by molar-refractivity contribution is 0.302. The van der Waals surface area contributed by atoms with Crippen molar-refractivity contribution in [2.45, 2.75) is 58.3 Å². The molecule has 0 fully saturated rings. The number of nitriles is 1. The third-order valence-electron chi connectivity index (χ3n) is 3.51. The van der Waals surface area contributed by atoms with E-state index in [-0.39, 0.29) is 0 Å². The second kappa shape index (κ2) is 11.0. The van der Waals surface area contributed by atoms with Gasteiger partial charge in [0.2, 0.25) is 0 Å². The lowest BCUT2D eigenvalue weighted by atomic mass is 10.1. The molecule has 0 heterocycles. The van der Waals surface area contributed by atoms with E-state index in [4.69, 9.17) is 14.7 Å². The number of unbranched alkanes of at least 4 members (excludes halogenated alkanes) is 7. The standard InChI is InChI=1S/C18H27NO2/c1-3-4-5-6-7-8-9-10-11-21-18-13-16(15-19)12-17(14-18)20-2/h12-14H,3-11H2,1-2H3. The van der Waals surface area contributed by atoms with Crippen molar-refractivity contribution in [2.75, 3.05) is 13.7 Å². The number of methoxy groups -OCH3 is 1. The van der Waals surface area contributed by atoms with Crippen LogP contribution in [-0.4, -0.2) is 13.7 Å². The molecular weight excluding hydrogens is 262 g/mol. The Morgan fingerprint density at radius 2 is 1.52 bits per heavy atom. The van der Waals surface area contributed by atoms with Gasteiger partial charge in [-0.25, -0.2) is 0 Å². The highest BCUT2D eigenvalue weighted by atomic mass is 16.5. The summed E-state index contributed by atoms with van der Waals surface area (Å²) in [6.45, 7) is 2.95. The Morgan fingerprint density at radius 1 is 0.905 bits per heavy atom. The SMILES string of the molecule is CCCCCCCCCCOc1cc(C#N)cc(OC)c1. The van der Waals surface area contributed by atoms with Crippen molar-refractivity contribution >= 4 is 0 Å². The third kappa shape index (κ3) is 7.60. The van der Waals surface area contributed by atoms with Crippen LogP contribution >= 0.6 is 0 Å². The topological polar surface area (TPSA) is 42.2 Å². The number of rotatable bonds is 11. The largest absolute Gasteiger partial charge is 0.497 e. The summed E-state index contributed by atoms with van der Waals surface area (Å²) in [6.07, 6.45) is 10.3. The van der Waals surface area contributed by atoms with Crippen molar-refractivity contribution in [1.82, 2.24) is 0 Å². The van der Waals surface area contributed by atoms with Gasteiger partial charge in [0.1, 0.15) is 11.5 Å². The van der Waals surface area contributed by atoms with Crippen LogP contribution in [0.3, 0.4) is 0 Å². The van der Waals surface area contributed by atoms with Gasteiger partial charge in [0.15, 0.2) is 0 Å². The molecule has 3 heteroatoms. The van der Waals surface area contributed by atoms with Gasteiger partial charge in [0.05, 0.1) is 25.3 Å². The van der Waals surface area contributed by atoms with E-state index in [1.54, 1.807) is 19.2 Å². The summed E-state index contributed by atoms with van der Waals surface area (Å²) in [4.78, 5) is 0. The van der Waals surface area contributed by atoms with E-state index in [0.29, 0.717) is 23.7 Å². The minimum atomic E-state index is 0.570. The van der Waals surface area contributed by atoms with Gasteiger partial charge in [-0.2, -0.15) is 5.26 Å². The van der Waals surface area contributed by atoms with Crippen LogP contribution in [0, 0.1) is 11.3 Å². The molecule has 0 aliphatic heterocycles. The van der Waals surface area contributed by atoms with Crippen LogP contribution in [0.25, 0.3) is 0 Å². The molecule has 0 amide bonds. The smallest absolute Gasteiger partial charge is 0.124 e. The molecule has 0 saturated carbocycles. The molecule has 3 nitrogen and oxygen atoms in total. The molecule has 0 aromatic heterocycles. The molecule has 1 aromatic carbocycles. The van der Waals surface area contributed by atoms with Gasteiger partial charge >= 0.3 is 0 Å². The fourth-order valence-electron chi connectivity index (χ4n) is 2.26. The Labute approximate surface area is 128 Å². The summed E-state index contributed by atoms with van der Waals surface area (Å²) in [6, 6.07) is 7.41. The Bertz CT molecular complexity index is 437. The molecule has 21 heavy (non-hydrogen) atoms. The number of benzene rings is 1. The van der Waals surface area contributed by atoms with Crippen molar-refractivity contribution in [1.29, 1.82) is 5.26 Å². The molecule has 0 aliphatic carbocycles. The van der Waals surface area contributed by atoms with Crippen LogP contribution in [0.5, 0.6) is 11.5 Å². The lowest BCUT2D eigenvalue weighted by Gasteiger charge is -2.08. The van der Waals surface area contributed by atoms with Gasteiger partial charge in [-0.05, 0) is 18.6 Å². The van der Waals surface area contributed by atoms with Crippen molar-refractivity contribution in [2.24, 2.45) is 0 Å². The fourth-order valence-corrected chi connectivity index (χ4v) is 2.26. The molecule has 0 saturated heterocycles. The van der Waals surface area contributed by atoms with Crippen molar-refractivity contribution in [3.63, 3.8) is 0 Å². The number of ether oxygens (including phenoxy) is 2. The number of nitrogens with zero attached hydrogens (tertiary/aromatic N) is 1. The number of hydrogen-bond acceptors (Lipinski definition) is 3. The molecule has 1 aromatic rings. The first kappa shape index (κ1) is 17.4. The fraction of sp³-hybridized carbons (Fsp3) is 0.611. The lowest BCUT2D eigenvalue weighted by Crippen LogP contribution is -1.98. The molecule has 116 valence electrons. The molecule has 0 spiro atoms. The average molecular weight is 289 g/mol. The molecule has 0 bridgehead atoms. The van der Waals surface area contributed by atoms with Gasteiger partial charge < -0.3 is 9.47 Å². The van der Waals surface area contributed by atoms with Gasteiger partial charge in [-0.15, -0.1) is 0 Å². The quantitative estimate of drug-likeness (QED) is 0.533. The van der Waals surface area contributed by atoms with E-state index in [0.717, 1.165) is 6.42 Å². The molecular formula is C18H27NO2. The van der Waals surface area contributed by atoms with Crippen LogP contribution in [-0.2, 0) is 0 Å². The predicted octanol–water partition coefficient (Wildman–Crippen LogP) is 5.09. The summed E-state index contributed by atoms with van der Waals surface area (Å²) in [5, 5.41) is 8.95. The van der Waals surface area contributed by atoms with Gasteiger partial charge in [0, 0.05) is 6.07 Å². The van der Waals surface area contributed by atoms with Crippen LogP contribution in [0.4, 0.5) is 0 Å². The van der Waals surface area contributed by atoms with E-state index in [9.17, 15) is 0 Å². The monoisotopic (exact) mass is 289 g/mol. The molecule has 1 rings (SSSR count). The summed E-state index contributed by atoms with van der Waals surface area (Å²) >= 11 is 0. The first-order valence-corrected chi connectivity index (χ1v) is 8.02. The summed E-state index contributed by atoms with van der Waals surface area (Å²) < 4.78 is 10.9. The van der Waals surface area contributed by atoms with Crippen LogP contribution in [0.1, 0.15) is 63.9 Å². The highest BCUT2D eigenvalue weighted by Gasteiger charge is 2.02. The zero-order valence-corrected chi connectivity index (χ0v) is 13.4. The van der Waals surface area contributed by atoms with Gasteiger partial charge in [-0.3, -0.25) is 0 Å². The maximum absolute atomic E-state index is 8.95. The van der Waals surface area contributed by atoms with E-state index in [1.165, 1.54) is 44.9 Å². The zero-order valence-electron chi connectivity index (χ0n) is 13.4. The van der Waals surface area contributed by atoms with E-state index >= 15 is 0 Å². The summed E-state index contributed by atoms with van der Waals surface area (Å²) in [5.41, 5.74) is 0.570. The normalized spacial score (nSPS) is 10.1. The number of hydrogen-bond donors (Lipinski definition) is 0. The minimum Gasteiger partial charge on any atom is -0.497 e. The first-order chi connectivity index (χ1) is 10.3. The van der Waals surface area contributed by atoms with Crippen LogP contribution in [0.15, 0.2) is 18.2 Å². The Morgan fingerprint density at radius 3 is 2.14 bits per heavy atom. The van der Waals surface area contributed by atoms with Crippen molar-refractivity contribution in [3.05, 3.63) is 23.8 Å². The van der Waals surface area contributed by atoms with Gasteiger partial charge in [-0.1, -0.05) is 51.9 Å². The van der Waals surface area contributed by atoms with Crippen molar-refractivity contribution in [3.8, 4) is 17.6 Å². The zero-order chi connectivity index (χ0) is 15.3. The molecule has 0 radical (unpaired) electrons. The highest BCUT2D eigenvalue weighted by Crippen LogP contribution is 2.22. The minimum absolute atomic E-state index is 0.570. The van der Waals surface area contributed by atoms with E-state index < -0.39 is 0 Å². The van der Waals surface area contributed by atoms with Crippen molar-refractivity contribution < 1.29 is 9.47 Å². The average Bonchev–Trinajstić information content (AvgIpc) is 2.52. The van der Waals surface area contributed by atoms with Crippen LogP contribution in [0.2, 0.25) is 0 Å². The first-order valence-electron chi connectivity index (χ1n) is 8.02. The van der Waals surface area contributed by atoms with E-state index in [1.807, 2.05) is 6.07 Å². The molecule has 0 atom stereocenters. The highest BCUT2D eigenvalue weighted by molar-refractivity contribution is 5.43. The Hall–Kier alpha value is -1.69. The molecule has 0 N–H and O–H groups in total. The summed E-state index contributed by atoms with van der Waals surface area (Å²) in [5.74, 6) is 1.38. The maximum Gasteiger partial charge on any atom is 0.124 e. The Kier molecular flexibility index (Phi) is 9.11. The predicted molar refractivity (Wildman–Crippen MR) is 85.8 cm³/mol. The molecule has 0 unspecified atom stereocenters. The Balaban J connectivity index is 2.17. The van der Waals surface area contributed by atoms with E-state index in [2.05, 4.69) is 13.0 Å². The second-order valence-corrected chi connectivity index (χ2v) is 5.33. The third-order valence-corrected chi connectivity index (χ3v) is 3.51. The molecule has 0 aliphatic rings. The van der Waals surface area contributed by atoms with Crippen LogP contribution < -0.4 is 9.47 Å². The van der Waals surface area contributed by atoms with Gasteiger partial charge in [0.25, 0.3) is 0 Å². The second-order valence-electron chi connectivity index (χ2n) is 5.33. The summed E-state index contributed by atoms with van der Waals surface area (Å²) in [7, 11) is 1.60.